The molecular formula is C19H24F2N2O4S. The molecule has 0 bridgehead atoms. The zero-order valence-corrected chi connectivity index (χ0v) is 16.4. The SMILES string of the molecule is Cc1cc(-c2ccc(OC[C@@H]3CC(F)(F)CC[C@H]3CCNS(=O)O)cc2)no1. The van der Waals surface area contributed by atoms with E-state index in [1.165, 1.54) is 0 Å². The van der Waals surface area contributed by atoms with Crippen LogP contribution in [0.3, 0.4) is 0 Å². The second-order valence-corrected chi connectivity index (χ2v) is 8.00. The van der Waals surface area contributed by atoms with Gasteiger partial charge in [0.25, 0.3) is 0 Å². The first-order chi connectivity index (χ1) is 13.3. The Kier molecular flexibility index (Phi) is 6.79. The van der Waals surface area contributed by atoms with E-state index in [2.05, 4.69) is 9.88 Å². The molecule has 1 aliphatic rings. The van der Waals surface area contributed by atoms with E-state index in [1.54, 1.807) is 12.1 Å². The number of nitrogens with zero attached hydrogens (tertiary/aromatic N) is 1. The minimum absolute atomic E-state index is 0.0213. The van der Waals surface area contributed by atoms with Gasteiger partial charge in [-0.25, -0.2) is 17.7 Å². The molecule has 1 saturated carbocycles. The van der Waals surface area contributed by atoms with Gasteiger partial charge in [0.05, 0.1) is 6.61 Å². The van der Waals surface area contributed by atoms with Crippen LogP contribution in [0.1, 0.15) is 31.4 Å². The third kappa shape index (κ3) is 5.83. The van der Waals surface area contributed by atoms with Crippen molar-refractivity contribution in [3.63, 3.8) is 0 Å². The van der Waals surface area contributed by atoms with Crippen LogP contribution in [0.25, 0.3) is 11.3 Å². The third-order valence-corrected chi connectivity index (χ3v) is 5.54. The van der Waals surface area contributed by atoms with E-state index in [9.17, 15) is 13.0 Å². The summed E-state index contributed by atoms with van der Waals surface area (Å²) in [5.74, 6) is -1.65. The van der Waals surface area contributed by atoms with Crippen LogP contribution in [0.2, 0.25) is 0 Å². The number of aryl methyl sites for hydroxylation is 1. The number of aromatic nitrogens is 1. The lowest BCUT2D eigenvalue weighted by molar-refractivity contribution is -0.0776. The number of rotatable bonds is 8. The maximum Gasteiger partial charge on any atom is 0.248 e. The lowest BCUT2D eigenvalue weighted by Gasteiger charge is -2.36. The van der Waals surface area contributed by atoms with Gasteiger partial charge in [-0.05, 0) is 49.9 Å². The molecule has 2 aromatic rings. The Hall–Kier alpha value is -1.84. The molecule has 1 heterocycles. The summed E-state index contributed by atoms with van der Waals surface area (Å²) in [6.45, 7) is 2.31. The monoisotopic (exact) mass is 414 g/mol. The van der Waals surface area contributed by atoms with E-state index >= 15 is 0 Å². The molecule has 28 heavy (non-hydrogen) atoms. The molecule has 0 aliphatic heterocycles. The van der Waals surface area contributed by atoms with Crippen LogP contribution in [0.15, 0.2) is 34.9 Å². The summed E-state index contributed by atoms with van der Waals surface area (Å²) in [5, 5.41) is 3.96. The van der Waals surface area contributed by atoms with E-state index in [4.69, 9.17) is 13.8 Å². The van der Waals surface area contributed by atoms with Crippen molar-refractivity contribution in [3.8, 4) is 17.0 Å². The maximum absolute atomic E-state index is 13.9. The summed E-state index contributed by atoms with van der Waals surface area (Å²) in [5.41, 5.74) is 1.61. The highest BCUT2D eigenvalue weighted by Gasteiger charge is 2.41. The number of nitrogens with one attached hydrogen (secondary N) is 1. The third-order valence-electron chi connectivity index (χ3n) is 5.09. The molecule has 0 radical (unpaired) electrons. The van der Waals surface area contributed by atoms with Crippen molar-refractivity contribution in [1.29, 1.82) is 0 Å². The van der Waals surface area contributed by atoms with Crippen LogP contribution in [-0.4, -0.2) is 33.0 Å². The Morgan fingerprint density at radius 3 is 2.75 bits per heavy atom. The van der Waals surface area contributed by atoms with Crippen molar-refractivity contribution in [3.05, 3.63) is 36.1 Å². The Balaban J connectivity index is 1.58. The molecular weight excluding hydrogens is 390 g/mol. The predicted octanol–water partition coefficient (Wildman–Crippen LogP) is 4.20. The van der Waals surface area contributed by atoms with Crippen LogP contribution in [-0.2, 0) is 11.3 Å². The van der Waals surface area contributed by atoms with E-state index in [-0.39, 0.29) is 31.3 Å². The van der Waals surface area contributed by atoms with Crippen LogP contribution in [0.4, 0.5) is 8.78 Å². The molecule has 1 aromatic heterocycles. The first-order valence-corrected chi connectivity index (χ1v) is 10.3. The smallest absolute Gasteiger partial charge is 0.248 e. The summed E-state index contributed by atoms with van der Waals surface area (Å²) >= 11 is -2.09. The largest absolute Gasteiger partial charge is 0.493 e. The molecule has 1 aliphatic carbocycles. The zero-order valence-electron chi connectivity index (χ0n) is 15.6. The molecule has 3 atom stereocenters. The Morgan fingerprint density at radius 1 is 1.36 bits per heavy atom. The Labute approximate surface area is 165 Å². The summed E-state index contributed by atoms with van der Waals surface area (Å²) in [4.78, 5) is 0. The van der Waals surface area contributed by atoms with Gasteiger partial charge >= 0.3 is 0 Å². The average Bonchev–Trinajstić information content (AvgIpc) is 3.08. The first-order valence-electron chi connectivity index (χ1n) is 9.21. The van der Waals surface area contributed by atoms with Gasteiger partial charge in [0, 0.05) is 36.9 Å². The van der Waals surface area contributed by atoms with Crippen molar-refractivity contribution in [2.45, 2.75) is 38.5 Å². The highest BCUT2D eigenvalue weighted by molar-refractivity contribution is 7.77. The first kappa shape index (κ1) is 20.9. The molecule has 2 N–H and O–H groups in total. The van der Waals surface area contributed by atoms with Crippen LogP contribution in [0.5, 0.6) is 5.75 Å². The molecule has 1 fully saturated rings. The zero-order chi connectivity index (χ0) is 20.1. The number of halogens is 2. The highest BCUT2D eigenvalue weighted by Crippen LogP contribution is 2.41. The molecule has 6 nitrogen and oxygen atoms in total. The van der Waals surface area contributed by atoms with Gasteiger partial charge < -0.3 is 9.26 Å². The predicted molar refractivity (Wildman–Crippen MR) is 101 cm³/mol. The van der Waals surface area contributed by atoms with Gasteiger partial charge in [0.2, 0.25) is 17.2 Å². The quantitative estimate of drug-likeness (QED) is 0.633. The summed E-state index contributed by atoms with van der Waals surface area (Å²) in [6, 6.07) is 9.09. The maximum atomic E-state index is 13.9. The van der Waals surface area contributed by atoms with Gasteiger partial charge in [-0.15, -0.1) is 0 Å². The van der Waals surface area contributed by atoms with Gasteiger partial charge in [-0.3, -0.25) is 4.55 Å². The van der Waals surface area contributed by atoms with E-state index < -0.39 is 17.2 Å². The van der Waals surface area contributed by atoms with Gasteiger partial charge in [-0.2, -0.15) is 0 Å². The summed E-state index contributed by atoms with van der Waals surface area (Å²) in [6.07, 6.45) is 0.560. The minimum Gasteiger partial charge on any atom is -0.493 e. The van der Waals surface area contributed by atoms with E-state index in [0.29, 0.717) is 25.1 Å². The fraction of sp³-hybridized carbons (Fsp3) is 0.526. The van der Waals surface area contributed by atoms with Crippen LogP contribution >= 0.6 is 0 Å². The fourth-order valence-corrected chi connectivity index (χ4v) is 3.91. The number of benzene rings is 1. The summed E-state index contributed by atoms with van der Waals surface area (Å²) < 4.78 is 60.5. The van der Waals surface area contributed by atoms with Gasteiger partial charge in [0.15, 0.2) is 0 Å². The molecule has 3 rings (SSSR count). The molecule has 9 heteroatoms. The molecule has 0 amide bonds. The average molecular weight is 414 g/mol. The van der Waals surface area contributed by atoms with Crippen molar-refractivity contribution >= 4 is 11.3 Å². The standard InChI is InChI=1S/C19H24F2N2O4S/c1-13-10-18(23-27-13)15-2-4-17(5-3-15)26-12-16-11-19(20,21)8-6-14(16)7-9-22-28(24)25/h2-5,10,14,16,22H,6-9,11-12H2,1H3,(H,24,25)/t14-,16-/m0/s1. The van der Waals surface area contributed by atoms with E-state index in [1.807, 2.05) is 25.1 Å². The molecule has 0 saturated heterocycles. The van der Waals surface area contributed by atoms with Crippen LogP contribution < -0.4 is 9.46 Å². The van der Waals surface area contributed by atoms with Gasteiger partial charge in [-0.1, -0.05) is 5.16 Å². The van der Waals surface area contributed by atoms with Crippen molar-refractivity contribution in [2.24, 2.45) is 11.8 Å². The lowest BCUT2D eigenvalue weighted by atomic mass is 9.76. The molecule has 154 valence electrons. The molecule has 1 aromatic carbocycles. The highest BCUT2D eigenvalue weighted by atomic mass is 32.2. The molecule has 0 spiro atoms. The van der Waals surface area contributed by atoms with Crippen molar-refractivity contribution in [1.82, 2.24) is 9.88 Å². The number of alkyl halides is 2. The van der Waals surface area contributed by atoms with Crippen LogP contribution in [0, 0.1) is 18.8 Å². The van der Waals surface area contributed by atoms with Gasteiger partial charge in [0.1, 0.15) is 17.2 Å². The second-order valence-electron chi connectivity index (χ2n) is 7.21. The fourth-order valence-electron chi connectivity index (χ4n) is 3.62. The second kappa shape index (κ2) is 9.11. The summed E-state index contributed by atoms with van der Waals surface area (Å²) in [7, 11) is 0. The normalized spacial score (nSPS) is 22.7. The lowest BCUT2D eigenvalue weighted by Crippen LogP contribution is -2.37. The topological polar surface area (TPSA) is 84.6 Å². The number of hydrogen-bond acceptors (Lipinski definition) is 4. The minimum atomic E-state index is -2.69. The number of hydrogen-bond donors (Lipinski definition) is 2. The van der Waals surface area contributed by atoms with Crippen molar-refractivity contribution < 1.29 is 26.8 Å². The Morgan fingerprint density at radius 2 is 2.11 bits per heavy atom. The Bertz CT molecular complexity index is 797. The number of ether oxygens (including phenoxy) is 1. The molecule has 1 unspecified atom stereocenters. The van der Waals surface area contributed by atoms with E-state index in [0.717, 1.165) is 17.0 Å². The van der Waals surface area contributed by atoms with Crippen molar-refractivity contribution in [2.75, 3.05) is 13.2 Å².